The summed E-state index contributed by atoms with van der Waals surface area (Å²) >= 11 is 0. The second kappa shape index (κ2) is 6.24. The lowest BCUT2D eigenvalue weighted by atomic mass is 9.99. The van der Waals surface area contributed by atoms with Gasteiger partial charge in [0, 0.05) is 6.54 Å². The van der Waals surface area contributed by atoms with Crippen LogP contribution in [-0.4, -0.2) is 29.6 Å². The van der Waals surface area contributed by atoms with Gasteiger partial charge in [-0.2, -0.15) is 0 Å². The molecule has 0 aromatic rings. The molecule has 94 valence electrons. The Morgan fingerprint density at radius 2 is 2.06 bits per heavy atom. The molecular formula is C13H26N2O. The molecule has 1 N–H and O–H groups in total. The average Bonchev–Trinajstić information content (AvgIpc) is 2.56. The lowest BCUT2D eigenvalue weighted by Gasteiger charge is -2.20. The van der Waals surface area contributed by atoms with Crippen LogP contribution < -0.4 is 5.32 Å². The van der Waals surface area contributed by atoms with Gasteiger partial charge in [-0.25, -0.2) is 0 Å². The highest BCUT2D eigenvalue weighted by molar-refractivity contribution is 5.84. The fraction of sp³-hybridized carbons (Fsp3) is 0.923. The van der Waals surface area contributed by atoms with Gasteiger partial charge in [0.25, 0.3) is 0 Å². The van der Waals surface area contributed by atoms with Crippen molar-refractivity contribution >= 4 is 5.91 Å². The molecule has 0 spiro atoms. The lowest BCUT2D eigenvalue weighted by Crippen LogP contribution is -2.35. The molecule has 1 fully saturated rings. The Balaban J connectivity index is 2.50. The minimum absolute atomic E-state index is 0.0432. The Bertz CT molecular complexity index is 230. The highest BCUT2D eigenvalue weighted by Crippen LogP contribution is 2.19. The lowest BCUT2D eigenvalue weighted by molar-refractivity contribution is -0.130. The van der Waals surface area contributed by atoms with Crippen LogP contribution in [0.1, 0.15) is 53.4 Å². The van der Waals surface area contributed by atoms with Gasteiger partial charge in [0.05, 0.1) is 12.2 Å². The minimum atomic E-state index is 0.0432. The van der Waals surface area contributed by atoms with Crippen molar-refractivity contribution < 1.29 is 4.79 Å². The summed E-state index contributed by atoms with van der Waals surface area (Å²) in [5.74, 6) is 0.740. The number of nitrogens with one attached hydrogen (secondary N) is 1. The summed E-state index contributed by atoms with van der Waals surface area (Å²) in [6.45, 7) is 9.48. The number of rotatable bonds is 6. The molecule has 3 atom stereocenters. The van der Waals surface area contributed by atoms with Crippen LogP contribution in [0.5, 0.6) is 0 Å². The summed E-state index contributed by atoms with van der Waals surface area (Å²) in [5, 5.41) is 3.41. The molecule has 0 saturated carbocycles. The number of carbonyl (C=O) groups excluding carboxylic acids is 1. The summed E-state index contributed by atoms with van der Waals surface area (Å²) < 4.78 is 0. The zero-order chi connectivity index (χ0) is 12.1. The summed E-state index contributed by atoms with van der Waals surface area (Å²) in [5.41, 5.74) is 0. The SMILES string of the molecule is CCCCCN1C(=O)C(C(C)CC)NC1C. The highest BCUT2D eigenvalue weighted by Gasteiger charge is 2.38. The van der Waals surface area contributed by atoms with Crippen molar-refractivity contribution in [3.63, 3.8) is 0 Å². The molecule has 3 heteroatoms. The molecule has 0 bridgehead atoms. The van der Waals surface area contributed by atoms with Crippen LogP contribution in [0.3, 0.4) is 0 Å². The minimum Gasteiger partial charge on any atom is -0.326 e. The number of amides is 1. The number of hydrogen-bond acceptors (Lipinski definition) is 2. The number of carbonyl (C=O) groups is 1. The van der Waals surface area contributed by atoms with Gasteiger partial charge in [0.1, 0.15) is 0 Å². The van der Waals surface area contributed by atoms with Crippen molar-refractivity contribution in [2.45, 2.75) is 65.6 Å². The van der Waals surface area contributed by atoms with Crippen molar-refractivity contribution in [3.8, 4) is 0 Å². The molecule has 1 aliphatic heterocycles. The molecule has 1 saturated heterocycles. The molecule has 3 nitrogen and oxygen atoms in total. The molecular weight excluding hydrogens is 200 g/mol. The molecule has 1 amide bonds. The van der Waals surface area contributed by atoms with E-state index in [2.05, 4.69) is 33.0 Å². The number of unbranched alkanes of at least 4 members (excludes halogenated alkanes) is 2. The van der Waals surface area contributed by atoms with E-state index in [0.717, 1.165) is 19.4 Å². The monoisotopic (exact) mass is 226 g/mol. The quantitative estimate of drug-likeness (QED) is 0.705. The number of nitrogens with zero attached hydrogens (tertiary/aromatic N) is 1. The van der Waals surface area contributed by atoms with E-state index < -0.39 is 0 Å². The first kappa shape index (κ1) is 13.5. The molecule has 3 unspecified atom stereocenters. The Hall–Kier alpha value is -0.570. The van der Waals surface area contributed by atoms with Crippen molar-refractivity contribution in [3.05, 3.63) is 0 Å². The summed E-state index contributed by atoms with van der Waals surface area (Å²) in [6.07, 6.45) is 4.81. The molecule has 1 aliphatic rings. The van der Waals surface area contributed by atoms with Gasteiger partial charge in [0.2, 0.25) is 5.91 Å². The Kier molecular flexibility index (Phi) is 5.26. The Labute approximate surface area is 99.6 Å². The zero-order valence-corrected chi connectivity index (χ0v) is 11.1. The molecule has 0 aromatic heterocycles. The van der Waals surface area contributed by atoms with Gasteiger partial charge >= 0.3 is 0 Å². The average molecular weight is 226 g/mol. The van der Waals surface area contributed by atoms with E-state index in [1.54, 1.807) is 0 Å². The maximum Gasteiger partial charge on any atom is 0.241 e. The second-order valence-corrected chi connectivity index (χ2v) is 4.94. The van der Waals surface area contributed by atoms with Crippen LogP contribution in [0.2, 0.25) is 0 Å². The summed E-state index contributed by atoms with van der Waals surface area (Å²) in [6, 6.07) is 0.0432. The standard InChI is InChI=1S/C13H26N2O/c1-5-7-8-9-15-11(4)14-12(13(15)16)10(3)6-2/h10-12,14H,5-9H2,1-4H3. The fourth-order valence-electron chi connectivity index (χ4n) is 2.27. The molecule has 16 heavy (non-hydrogen) atoms. The van der Waals surface area contributed by atoms with Crippen molar-refractivity contribution in [2.75, 3.05) is 6.54 Å². The van der Waals surface area contributed by atoms with Gasteiger partial charge in [0.15, 0.2) is 0 Å². The predicted molar refractivity (Wildman–Crippen MR) is 67.1 cm³/mol. The van der Waals surface area contributed by atoms with E-state index in [1.165, 1.54) is 12.8 Å². The van der Waals surface area contributed by atoms with E-state index in [0.29, 0.717) is 11.8 Å². The van der Waals surface area contributed by atoms with Crippen molar-refractivity contribution in [1.82, 2.24) is 10.2 Å². The van der Waals surface area contributed by atoms with Crippen LogP contribution in [0.4, 0.5) is 0 Å². The predicted octanol–water partition coefficient (Wildman–Crippen LogP) is 2.37. The van der Waals surface area contributed by atoms with Crippen LogP contribution in [-0.2, 0) is 4.79 Å². The number of hydrogen-bond donors (Lipinski definition) is 1. The smallest absolute Gasteiger partial charge is 0.241 e. The summed E-state index contributed by atoms with van der Waals surface area (Å²) in [4.78, 5) is 14.2. The van der Waals surface area contributed by atoms with Crippen LogP contribution in [0, 0.1) is 5.92 Å². The highest BCUT2D eigenvalue weighted by atomic mass is 16.2. The third-order valence-corrected chi connectivity index (χ3v) is 3.65. The van der Waals surface area contributed by atoms with Gasteiger partial charge in [-0.3, -0.25) is 10.1 Å². The maximum atomic E-state index is 12.2. The second-order valence-electron chi connectivity index (χ2n) is 4.94. The van der Waals surface area contributed by atoms with Crippen LogP contribution in [0.25, 0.3) is 0 Å². The first-order valence-corrected chi connectivity index (χ1v) is 6.68. The van der Waals surface area contributed by atoms with Crippen LogP contribution >= 0.6 is 0 Å². The molecule has 1 heterocycles. The van der Waals surface area contributed by atoms with Crippen molar-refractivity contribution in [2.24, 2.45) is 5.92 Å². The van der Waals surface area contributed by atoms with E-state index in [4.69, 9.17) is 0 Å². The van der Waals surface area contributed by atoms with Gasteiger partial charge < -0.3 is 4.90 Å². The Morgan fingerprint density at radius 1 is 1.38 bits per heavy atom. The molecule has 0 radical (unpaired) electrons. The maximum absolute atomic E-state index is 12.2. The molecule has 0 aromatic carbocycles. The van der Waals surface area contributed by atoms with E-state index in [9.17, 15) is 4.79 Å². The first-order valence-electron chi connectivity index (χ1n) is 6.68. The van der Waals surface area contributed by atoms with E-state index in [-0.39, 0.29) is 12.2 Å². The van der Waals surface area contributed by atoms with Gasteiger partial charge in [-0.15, -0.1) is 0 Å². The third-order valence-electron chi connectivity index (χ3n) is 3.65. The normalized spacial score (nSPS) is 27.5. The molecule has 0 aliphatic carbocycles. The zero-order valence-electron chi connectivity index (χ0n) is 11.1. The Morgan fingerprint density at radius 3 is 2.62 bits per heavy atom. The largest absolute Gasteiger partial charge is 0.326 e. The van der Waals surface area contributed by atoms with E-state index in [1.807, 2.05) is 4.90 Å². The summed E-state index contributed by atoms with van der Waals surface area (Å²) in [7, 11) is 0. The van der Waals surface area contributed by atoms with Gasteiger partial charge in [-0.1, -0.05) is 40.0 Å². The van der Waals surface area contributed by atoms with Gasteiger partial charge in [-0.05, 0) is 19.3 Å². The van der Waals surface area contributed by atoms with E-state index >= 15 is 0 Å². The molecule has 1 rings (SSSR count). The topological polar surface area (TPSA) is 32.3 Å². The first-order chi connectivity index (χ1) is 7.61. The third kappa shape index (κ3) is 2.97. The fourth-order valence-corrected chi connectivity index (χ4v) is 2.27. The van der Waals surface area contributed by atoms with Crippen molar-refractivity contribution in [1.29, 1.82) is 0 Å². The van der Waals surface area contributed by atoms with Crippen LogP contribution in [0.15, 0.2) is 0 Å².